The lowest BCUT2D eigenvalue weighted by atomic mass is 10.5. The Kier molecular flexibility index (Phi) is 2.95. The SMILES string of the molecule is NCc1nnc(SCc2nnnn2C2CC2)n1C1CC1. The van der Waals surface area contributed by atoms with Gasteiger partial charge in [-0.05, 0) is 36.1 Å². The third kappa shape index (κ3) is 2.20. The van der Waals surface area contributed by atoms with Crippen LogP contribution in [0.5, 0.6) is 0 Å². The summed E-state index contributed by atoms with van der Waals surface area (Å²) in [6, 6.07) is 1.03. The molecule has 0 spiro atoms. The Morgan fingerprint density at radius 1 is 1.05 bits per heavy atom. The summed E-state index contributed by atoms with van der Waals surface area (Å²) < 4.78 is 4.12. The van der Waals surface area contributed by atoms with Gasteiger partial charge in [0.05, 0.1) is 18.3 Å². The molecule has 2 aliphatic rings. The van der Waals surface area contributed by atoms with E-state index in [4.69, 9.17) is 5.73 Å². The molecule has 0 aliphatic heterocycles. The fourth-order valence-electron chi connectivity index (χ4n) is 2.28. The number of nitrogens with zero attached hydrogens (tertiary/aromatic N) is 7. The van der Waals surface area contributed by atoms with Crippen molar-refractivity contribution in [3.63, 3.8) is 0 Å². The van der Waals surface area contributed by atoms with Crippen molar-refractivity contribution in [3.05, 3.63) is 11.6 Å². The van der Waals surface area contributed by atoms with Crippen molar-refractivity contribution >= 4 is 11.8 Å². The molecule has 0 saturated heterocycles. The number of nitrogens with two attached hydrogens (primary N) is 1. The molecule has 0 atom stereocenters. The van der Waals surface area contributed by atoms with Crippen molar-refractivity contribution in [2.75, 3.05) is 0 Å². The van der Waals surface area contributed by atoms with Crippen molar-refractivity contribution in [1.82, 2.24) is 35.0 Å². The highest BCUT2D eigenvalue weighted by molar-refractivity contribution is 7.98. The average Bonchev–Trinajstić information content (AvgIpc) is 3.40. The van der Waals surface area contributed by atoms with Crippen molar-refractivity contribution in [2.24, 2.45) is 5.73 Å². The topological polar surface area (TPSA) is 100 Å². The zero-order chi connectivity index (χ0) is 13.5. The highest BCUT2D eigenvalue weighted by Crippen LogP contribution is 2.39. The van der Waals surface area contributed by atoms with Gasteiger partial charge in [-0.3, -0.25) is 0 Å². The van der Waals surface area contributed by atoms with Crippen LogP contribution in [0.3, 0.4) is 0 Å². The van der Waals surface area contributed by atoms with Gasteiger partial charge in [0.1, 0.15) is 5.82 Å². The molecule has 2 fully saturated rings. The Balaban J connectivity index is 1.51. The van der Waals surface area contributed by atoms with Gasteiger partial charge in [0.25, 0.3) is 0 Å². The van der Waals surface area contributed by atoms with Crippen LogP contribution in [0, 0.1) is 0 Å². The van der Waals surface area contributed by atoms with Crippen LogP contribution in [-0.4, -0.2) is 35.0 Å². The second kappa shape index (κ2) is 4.81. The lowest BCUT2D eigenvalue weighted by Gasteiger charge is -2.07. The van der Waals surface area contributed by atoms with Crippen molar-refractivity contribution < 1.29 is 0 Å². The van der Waals surface area contributed by atoms with E-state index in [1.165, 1.54) is 25.7 Å². The monoisotopic (exact) mass is 292 g/mol. The van der Waals surface area contributed by atoms with E-state index in [1.54, 1.807) is 11.8 Å². The van der Waals surface area contributed by atoms with Gasteiger partial charge in [0.2, 0.25) is 0 Å². The van der Waals surface area contributed by atoms with E-state index < -0.39 is 0 Å². The Morgan fingerprint density at radius 3 is 2.55 bits per heavy atom. The molecular formula is C11H16N8S. The van der Waals surface area contributed by atoms with E-state index in [2.05, 4.69) is 30.3 Å². The minimum absolute atomic E-state index is 0.434. The van der Waals surface area contributed by atoms with E-state index in [0.29, 0.717) is 18.6 Å². The molecule has 4 rings (SSSR count). The fraction of sp³-hybridized carbons (Fsp3) is 0.727. The molecule has 0 amide bonds. The number of thioether (sulfide) groups is 1. The summed E-state index contributed by atoms with van der Waals surface area (Å²) in [7, 11) is 0. The third-order valence-electron chi connectivity index (χ3n) is 3.61. The summed E-state index contributed by atoms with van der Waals surface area (Å²) >= 11 is 1.64. The highest BCUT2D eigenvalue weighted by atomic mass is 32.2. The molecule has 0 aromatic carbocycles. The minimum atomic E-state index is 0.434. The highest BCUT2D eigenvalue weighted by Gasteiger charge is 2.30. The smallest absolute Gasteiger partial charge is 0.191 e. The van der Waals surface area contributed by atoms with Gasteiger partial charge >= 0.3 is 0 Å². The van der Waals surface area contributed by atoms with Crippen LogP contribution in [0.15, 0.2) is 5.16 Å². The summed E-state index contributed by atoms with van der Waals surface area (Å²) in [5, 5.41) is 21.3. The standard InChI is InChI=1S/C11H16N8S/c12-5-9-13-15-11(18(9)7-1-2-7)20-6-10-14-16-17-19(10)8-3-4-8/h7-8H,1-6,12H2. The lowest BCUT2D eigenvalue weighted by molar-refractivity contribution is 0.592. The van der Waals surface area contributed by atoms with Crippen LogP contribution in [0.25, 0.3) is 0 Å². The molecule has 2 heterocycles. The molecule has 2 saturated carbocycles. The van der Waals surface area contributed by atoms with Crippen LogP contribution in [0.4, 0.5) is 0 Å². The Labute approximate surface area is 120 Å². The predicted molar refractivity (Wildman–Crippen MR) is 71.8 cm³/mol. The summed E-state index contributed by atoms with van der Waals surface area (Å²) in [6.07, 6.45) is 4.74. The third-order valence-corrected chi connectivity index (χ3v) is 4.55. The Hall–Kier alpha value is -1.48. The van der Waals surface area contributed by atoms with Gasteiger partial charge in [-0.25, -0.2) is 4.68 Å². The van der Waals surface area contributed by atoms with Crippen molar-refractivity contribution in [3.8, 4) is 0 Å². The number of hydrogen-bond acceptors (Lipinski definition) is 7. The molecule has 2 aliphatic carbocycles. The zero-order valence-corrected chi connectivity index (χ0v) is 11.8. The first-order valence-corrected chi connectivity index (χ1v) is 7.88. The molecule has 8 nitrogen and oxygen atoms in total. The second-order valence-corrected chi connectivity index (χ2v) is 6.21. The van der Waals surface area contributed by atoms with Gasteiger partial charge < -0.3 is 10.3 Å². The van der Waals surface area contributed by atoms with E-state index in [-0.39, 0.29) is 0 Å². The summed E-state index contributed by atoms with van der Waals surface area (Å²) in [4.78, 5) is 0. The number of hydrogen-bond donors (Lipinski definition) is 1. The molecule has 9 heteroatoms. The second-order valence-electron chi connectivity index (χ2n) is 5.26. The molecule has 0 bridgehead atoms. The van der Waals surface area contributed by atoms with E-state index in [0.717, 1.165) is 22.6 Å². The molecular weight excluding hydrogens is 276 g/mol. The van der Waals surface area contributed by atoms with Crippen LogP contribution in [0.1, 0.15) is 49.4 Å². The molecule has 20 heavy (non-hydrogen) atoms. The quantitative estimate of drug-likeness (QED) is 0.781. The van der Waals surface area contributed by atoms with Gasteiger partial charge in [0.15, 0.2) is 11.0 Å². The molecule has 0 unspecified atom stereocenters. The van der Waals surface area contributed by atoms with Gasteiger partial charge in [0, 0.05) is 6.04 Å². The summed E-state index contributed by atoms with van der Waals surface area (Å²) in [6.45, 7) is 0.434. The fourth-order valence-corrected chi connectivity index (χ4v) is 3.22. The molecule has 2 aromatic heterocycles. The van der Waals surface area contributed by atoms with E-state index >= 15 is 0 Å². The average molecular weight is 292 g/mol. The molecule has 0 radical (unpaired) electrons. The van der Waals surface area contributed by atoms with Crippen LogP contribution < -0.4 is 5.73 Å². The Bertz CT molecular complexity index is 612. The lowest BCUT2D eigenvalue weighted by Crippen LogP contribution is -2.08. The maximum atomic E-state index is 5.72. The Morgan fingerprint density at radius 2 is 1.85 bits per heavy atom. The first-order valence-electron chi connectivity index (χ1n) is 6.90. The van der Waals surface area contributed by atoms with Gasteiger partial charge in [-0.2, -0.15) is 0 Å². The van der Waals surface area contributed by atoms with Crippen LogP contribution in [-0.2, 0) is 12.3 Å². The summed E-state index contributed by atoms with van der Waals surface area (Å²) in [5.41, 5.74) is 5.72. The summed E-state index contributed by atoms with van der Waals surface area (Å²) in [5.74, 6) is 2.51. The van der Waals surface area contributed by atoms with Gasteiger partial charge in [-0.15, -0.1) is 15.3 Å². The van der Waals surface area contributed by atoms with E-state index in [9.17, 15) is 0 Å². The number of rotatable bonds is 6. The maximum absolute atomic E-state index is 5.72. The first kappa shape index (κ1) is 12.3. The normalized spacial score (nSPS) is 18.6. The van der Waals surface area contributed by atoms with Crippen molar-refractivity contribution in [2.45, 2.75) is 55.2 Å². The molecule has 2 aromatic rings. The molecule has 106 valence electrons. The van der Waals surface area contributed by atoms with E-state index in [1.807, 2.05) is 4.68 Å². The molecule has 2 N–H and O–H groups in total. The first-order chi connectivity index (χ1) is 9.86. The van der Waals surface area contributed by atoms with Gasteiger partial charge in [-0.1, -0.05) is 11.8 Å². The minimum Gasteiger partial charge on any atom is -0.324 e. The van der Waals surface area contributed by atoms with Crippen LogP contribution in [0.2, 0.25) is 0 Å². The predicted octanol–water partition coefficient (Wildman–Crippen LogP) is 0.685. The largest absolute Gasteiger partial charge is 0.324 e. The van der Waals surface area contributed by atoms with Crippen LogP contribution >= 0.6 is 11.8 Å². The number of tetrazole rings is 1. The zero-order valence-electron chi connectivity index (χ0n) is 11.0. The number of aromatic nitrogens is 7. The van der Waals surface area contributed by atoms with Crippen molar-refractivity contribution in [1.29, 1.82) is 0 Å². The maximum Gasteiger partial charge on any atom is 0.191 e.